The zero-order valence-corrected chi connectivity index (χ0v) is 20.4. The monoisotopic (exact) mass is 458 g/mol. The maximum atomic E-state index is 13.5. The van der Waals surface area contributed by atoms with Crippen molar-refractivity contribution in [3.63, 3.8) is 0 Å². The van der Waals surface area contributed by atoms with Crippen LogP contribution >= 0.6 is 0 Å². The quantitative estimate of drug-likeness (QED) is 0.737. The SMILES string of the molecule is CCN1C(=O)N2Cc3cc(OC)cc(OC)c3NC=C2C12CCN(C(=O)OC(C)(C)C)CC2. The summed E-state index contributed by atoms with van der Waals surface area (Å²) in [5.41, 5.74) is 1.66. The lowest BCUT2D eigenvalue weighted by Crippen LogP contribution is -2.55. The first-order valence-electron chi connectivity index (χ1n) is 11.4. The number of nitrogens with zero attached hydrogens (tertiary/aromatic N) is 3. The summed E-state index contributed by atoms with van der Waals surface area (Å²) >= 11 is 0. The topological polar surface area (TPSA) is 83.6 Å². The molecule has 9 heteroatoms. The number of fused-ring (bicyclic) bond motifs is 3. The van der Waals surface area contributed by atoms with E-state index in [1.165, 1.54) is 0 Å². The van der Waals surface area contributed by atoms with Gasteiger partial charge in [-0.1, -0.05) is 0 Å². The predicted molar refractivity (Wildman–Crippen MR) is 124 cm³/mol. The molecule has 1 aromatic carbocycles. The van der Waals surface area contributed by atoms with Crippen LogP contribution in [0.25, 0.3) is 0 Å². The second-order valence-electron chi connectivity index (χ2n) is 9.65. The van der Waals surface area contributed by atoms with Gasteiger partial charge in [0.2, 0.25) is 0 Å². The molecular formula is C24H34N4O5. The average Bonchev–Trinajstić information content (AvgIpc) is 2.89. The molecule has 4 rings (SSSR count). The number of hydrogen-bond acceptors (Lipinski definition) is 6. The molecule has 0 atom stereocenters. The number of likely N-dealkylation sites (N-methyl/N-ethyl adjacent to an activating group) is 1. The van der Waals surface area contributed by atoms with Gasteiger partial charge < -0.3 is 29.3 Å². The highest BCUT2D eigenvalue weighted by Gasteiger charge is 2.55. The Bertz CT molecular complexity index is 976. The maximum Gasteiger partial charge on any atom is 0.410 e. The second kappa shape index (κ2) is 8.35. The van der Waals surface area contributed by atoms with Crippen LogP contribution in [0.3, 0.4) is 0 Å². The van der Waals surface area contributed by atoms with Gasteiger partial charge in [-0.05, 0) is 46.6 Å². The van der Waals surface area contributed by atoms with Crippen LogP contribution in [0.4, 0.5) is 15.3 Å². The van der Waals surface area contributed by atoms with Crippen LogP contribution in [0.15, 0.2) is 24.0 Å². The number of hydrogen-bond donors (Lipinski definition) is 1. The van der Waals surface area contributed by atoms with Gasteiger partial charge in [0.15, 0.2) is 0 Å². The Morgan fingerprint density at radius 1 is 1.15 bits per heavy atom. The fourth-order valence-electron chi connectivity index (χ4n) is 5.06. The number of urea groups is 1. The van der Waals surface area contributed by atoms with E-state index < -0.39 is 11.1 Å². The van der Waals surface area contributed by atoms with E-state index in [1.54, 1.807) is 19.1 Å². The van der Waals surface area contributed by atoms with Gasteiger partial charge >= 0.3 is 12.1 Å². The van der Waals surface area contributed by atoms with Gasteiger partial charge in [-0.2, -0.15) is 0 Å². The number of carbonyl (C=O) groups is 2. The Kier molecular flexibility index (Phi) is 5.84. The van der Waals surface area contributed by atoms with Gasteiger partial charge in [0.25, 0.3) is 0 Å². The van der Waals surface area contributed by atoms with Gasteiger partial charge in [0, 0.05) is 37.5 Å². The molecule has 1 N–H and O–H groups in total. The van der Waals surface area contributed by atoms with E-state index >= 15 is 0 Å². The number of nitrogens with one attached hydrogen (secondary N) is 1. The van der Waals surface area contributed by atoms with Crippen LogP contribution in [0.1, 0.15) is 46.1 Å². The standard InChI is InChI=1S/C24H34N4O5/c1-7-28-21(29)27-15-16-12-17(31-5)13-18(32-6)20(16)25-14-19(27)24(28)8-10-26(11-9-24)22(30)33-23(2,3)4/h12-14,25H,7-11,15H2,1-6H3. The van der Waals surface area contributed by atoms with Gasteiger partial charge in [-0.25, -0.2) is 9.59 Å². The first kappa shape index (κ1) is 23.1. The maximum absolute atomic E-state index is 13.5. The molecule has 0 aliphatic carbocycles. The molecule has 0 bridgehead atoms. The molecule has 180 valence electrons. The van der Waals surface area contributed by atoms with Crippen molar-refractivity contribution in [1.82, 2.24) is 14.7 Å². The van der Waals surface area contributed by atoms with E-state index in [0.29, 0.717) is 50.5 Å². The molecule has 33 heavy (non-hydrogen) atoms. The molecule has 1 aromatic rings. The van der Waals surface area contributed by atoms with Crippen LogP contribution in [0.5, 0.6) is 11.5 Å². The number of carbonyl (C=O) groups excluding carboxylic acids is 2. The number of rotatable bonds is 3. The highest BCUT2D eigenvalue weighted by Crippen LogP contribution is 2.47. The zero-order chi connectivity index (χ0) is 24.0. The number of ether oxygens (including phenoxy) is 3. The molecular weight excluding hydrogens is 424 g/mol. The minimum atomic E-state index is -0.540. The molecule has 3 aliphatic rings. The van der Waals surface area contributed by atoms with Crippen LogP contribution in [0, 0.1) is 0 Å². The molecule has 9 nitrogen and oxygen atoms in total. The summed E-state index contributed by atoms with van der Waals surface area (Å²) in [6.07, 6.45) is 2.91. The molecule has 3 aliphatic heterocycles. The number of likely N-dealkylation sites (tertiary alicyclic amines) is 1. The third-order valence-electron chi connectivity index (χ3n) is 6.60. The minimum Gasteiger partial charge on any atom is -0.497 e. The van der Waals surface area contributed by atoms with Gasteiger partial charge in [0.05, 0.1) is 37.7 Å². The Balaban J connectivity index is 1.64. The van der Waals surface area contributed by atoms with Crippen LogP contribution < -0.4 is 14.8 Å². The van der Waals surface area contributed by atoms with Gasteiger partial charge in [-0.3, -0.25) is 4.90 Å². The van der Waals surface area contributed by atoms with Crippen molar-refractivity contribution in [2.75, 3.05) is 39.2 Å². The number of piperidine rings is 1. The van der Waals surface area contributed by atoms with E-state index in [1.807, 2.05) is 55.8 Å². The third-order valence-corrected chi connectivity index (χ3v) is 6.60. The highest BCUT2D eigenvalue weighted by molar-refractivity contribution is 5.84. The van der Waals surface area contributed by atoms with E-state index in [-0.39, 0.29) is 12.1 Å². The fraction of sp³-hybridized carbons (Fsp3) is 0.583. The Morgan fingerprint density at radius 3 is 2.42 bits per heavy atom. The van der Waals surface area contributed by atoms with Crippen LogP contribution in [-0.4, -0.2) is 71.8 Å². The summed E-state index contributed by atoms with van der Waals surface area (Å²) in [5.74, 6) is 1.34. The Labute approximate surface area is 195 Å². The van der Waals surface area contributed by atoms with E-state index in [2.05, 4.69) is 5.32 Å². The molecule has 3 heterocycles. The Hall–Kier alpha value is -3.10. The lowest BCUT2D eigenvalue weighted by atomic mass is 9.84. The largest absolute Gasteiger partial charge is 0.497 e. The van der Waals surface area contributed by atoms with Crippen LogP contribution in [-0.2, 0) is 11.3 Å². The molecule has 0 radical (unpaired) electrons. The average molecular weight is 459 g/mol. The number of methoxy groups -OCH3 is 2. The molecule has 0 aromatic heterocycles. The summed E-state index contributed by atoms with van der Waals surface area (Å²) in [6.45, 7) is 9.65. The molecule has 2 saturated heterocycles. The molecule has 1 spiro atoms. The van der Waals surface area contributed by atoms with Crippen molar-refractivity contribution in [3.05, 3.63) is 29.6 Å². The van der Waals surface area contributed by atoms with Crippen molar-refractivity contribution in [2.24, 2.45) is 0 Å². The first-order chi connectivity index (χ1) is 15.6. The normalized spacial score (nSPS) is 19.4. The number of amides is 3. The molecule has 2 fully saturated rings. The highest BCUT2D eigenvalue weighted by atomic mass is 16.6. The fourth-order valence-corrected chi connectivity index (χ4v) is 5.06. The summed E-state index contributed by atoms with van der Waals surface area (Å²) in [7, 11) is 3.23. The Morgan fingerprint density at radius 2 is 1.85 bits per heavy atom. The van der Waals surface area contributed by atoms with Gasteiger partial charge in [0.1, 0.15) is 17.1 Å². The van der Waals surface area contributed by atoms with E-state index in [4.69, 9.17) is 14.2 Å². The zero-order valence-electron chi connectivity index (χ0n) is 20.4. The van der Waals surface area contributed by atoms with E-state index in [9.17, 15) is 9.59 Å². The summed E-state index contributed by atoms with van der Waals surface area (Å²) in [6, 6.07) is 3.74. The number of anilines is 1. The van der Waals surface area contributed by atoms with Crippen molar-refractivity contribution < 1.29 is 23.8 Å². The molecule has 3 amide bonds. The van der Waals surface area contributed by atoms with Crippen molar-refractivity contribution in [2.45, 2.75) is 58.2 Å². The second-order valence-corrected chi connectivity index (χ2v) is 9.65. The predicted octanol–water partition coefficient (Wildman–Crippen LogP) is 4.00. The lowest BCUT2D eigenvalue weighted by molar-refractivity contribution is 0.0113. The van der Waals surface area contributed by atoms with Crippen molar-refractivity contribution in [1.29, 1.82) is 0 Å². The van der Waals surface area contributed by atoms with Gasteiger partial charge in [-0.15, -0.1) is 0 Å². The van der Waals surface area contributed by atoms with Crippen LogP contribution in [0.2, 0.25) is 0 Å². The molecule has 0 unspecified atom stereocenters. The number of benzene rings is 1. The minimum absolute atomic E-state index is 0.0223. The lowest BCUT2D eigenvalue weighted by Gasteiger charge is -2.44. The van der Waals surface area contributed by atoms with Crippen molar-refractivity contribution >= 4 is 17.8 Å². The van der Waals surface area contributed by atoms with Crippen molar-refractivity contribution in [3.8, 4) is 11.5 Å². The summed E-state index contributed by atoms with van der Waals surface area (Å²) < 4.78 is 16.6. The molecule has 0 saturated carbocycles. The van der Waals surface area contributed by atoms with E-state index in [0.717, 1.165) is 16.9 Å². The first-order valence-corrected chi connectivity index (χ1v) is 11.4. The third kappa shape index (κ3) is 3.94. The smallest absolute Gasteiger partial charge is 0.410 e. The summed E-state index contributed by atoms with van der Waals surface area (Å²) in [4.78, 5) is 31.7. The summed E-state index contributed by atoms with van der Waals surface area (Å²) in [5, 5.41) is 3.40.